The fraction of sp³-hybridized carbons (Fsp3) is 0.188. The van der Waals surface area contributed by atoms with Gasteiger partial charge < -0.3 is 0 Å². The van der Waals surface area contributed by atoms with Crippen molar-refractivity contribution in [1.82, 2.24) is 4.98 Å². The van der Waals surface area contributed by atoms with Crippen molar-refractivity contribution < 1.29 is 0 Å². The maximum absolute atomic E-state index is 6.42. The van der Waals surface area contributed by atoms with Gasteiger partial charge in [0.2, 0.25) is 0 Å². The van der Waals surface area contributed by atoms with E-state index >= 15 is 0 Å². The van der Waals surface area contributed by atoms with Gasteiger partial charge >= 0.3 is 0 Å². The van der Waals surface area contributed by atoms with E-state index in [2.05, 4.69) is 48.0 Å². The van der Waals surface area contributed by atoms with Crippen LogP contribution in [0.2, 0.25) is 5.02 Å². The first-order valence-electron chi connectivity index (χ1n) is 6.25. The van der Waals surface area contributed by atoms with Crippen LogP contribution in [-0.2, 0) is 0 Å². The number of aromatic nitrogens is 1. The Bertz CT molecular complexity index is 780. The molecule has 96 valence electrons. The molecule has 3 aromatic rings. The molecule has 1 aromatic heterocycles. The number of fused-ring (bicyclic) bond motifs is 3. The lowest BCUT2D eigenvalue weighted by Gasteiger charge is -2.11. The highest BCUT2D eigenvalue weighted by atomic mass is 79.9. The van der Waals surface area contributed by atoms with Gasteiger partial charge in [-0.05, 0) is 23.4 Å². The highest BCUT2D eigenvalue weighted by molar-refractivity contribution is 9.10. The van der Waals surface area contributed by atoms with Crippen LogP contribution >= 0.6 is 27.5 Å². The summed E-state index contributed by atoms with van der Waals surface area (Å²) in [5.74, 6) is 0.365. The molecule has 0 unspecified atom stereocenters. The first-order valence-corrected chi connectivity index (χ1v) is 7.42. The molecule has 2 aromatic carbocycles. The van der Waals surface area contributed by atoms with Crippen molar-refractivity contribution in [3.8, 4) is 0 Å². The van der Waals surface area contributed by atoms with Gasteiger partial charge in [0.25, 0.3) is 0 Å². The third-order valence-electron chi connectivity index (χ3n) is 3.33. The molecule has 0 aliphatic heterocycles. The van der Waals surface area contributed by atoms with Gasteiger partial charge in [0, 0.05) is 20.9 Å². The monoisotopic (exact) mass is 333 g/mol. The molecule has 0 atom stereocenters. The Morgan fingerprint density at radius 2 is 1.74 bits per heavy atom. The molecule has 0 fully saturated rings. The van der Waals surface area contributed by atoms with Gasteiger partial charge in [-0.1, -0.05) is 65.6 Å². The summed E-state index contributed by atoms with van der Waals surface area (Å²) in [5, 5.41) is 4.06. The molecule has 0 aliphatic rings. The van der Waals surface area contributed by atoms with Crippen molar-refractivity contribution in [3.05, 3.63) is 51.6 Å². The topological polar surface area (TPSA) is 12.9 Å². The average Bonchev–Trinajstić information content (AvgIpc) is 2.40. The Hall–Kier alpha value is -1.12. The van der Waals surface area contributed by atoms with E-state index in [-0.39, 0.29) is 0 Å². The molecular weight excluding hydrogens is 322 g/mol. The Kier molecular flexibility index (Phi) is 3.23. The van der Waals surface area contributed by atoms with E-state index < -0.39 is 0 Å². The molecule has 19 heavy (non-hydrogen) atoms. The lowest BCUT2D eigenvalue weighted by atomic mass is 10.0. The van der Waals surface area contributed by atoms with E-state index in [1.165, 1.54) is 5.39 Å². The van der Waals surface area contributed by atoms with Crippen LogP contribution < -0.4 is 0 Å². The Morgan fingerprint density at radius 3 is 2.42 bits per heavy atom. The SMILES string of the molecule is CC(C)c1cc(Cl)c2cc(Br)c3ccccc3c2n1. The number of hydrogen-bond donors (Lipinski definition) is 0. The van der Waals surface area contributed by atoms with E-state index in [1.54, 1.807) is 0 Å². The molecule has 0 N–H and O–H groups in total. The van der Waals surface area contributed by atoms with Crippen molar-refractivity contribution in [2.24, 2.45) is 0 Å². The highest BCUT2D eigenvalue weighted by Crippen LogP contribution is 2.35. The third-order valence-corrected chi connectivity index (χ3v) is 4.30. The standard InChI is InChI=1S/C16H13BrClN/c1-9(2)15-8-14(18)12-7-13(17)10-5-3-4-6-11(10)16(12)19-15/h3-9H,1-2H3. The zero-order valence-electron chi connectivity index (χ0n) is 10.7. The molecular formula is C16H13BrClN. The van der Waals surface area contributed by atoms with E-state index in [0.717, 1.165) is 31.5 Å². The summed E-state index contributed by atoms with van der Waals surface area (Å²) in [6.45, 7) is 4.26. The van der Waals surface area contributed by atoms with Crippen LogP contribution in [0.15, 0.2) is 40.9 Å². The molecule has 0 bridgehead atoms. The van der Waals surface area contributed by atoms with Crippen molar-refractivity contribution >= 4 is 49.2 Å². The molecule has 0 amide bonds. The van der Waals surface area contributed by atoms with Gasteiger partial charge in [0.1, 0.15) is 0 Å². The van der Waals surface area contributed by atoms with Gasteiger partial charge in [0.15, 0.2) is 0 Å². The zero-order valence-corrected chi connectivity index (χ0v) is 13.1. The maximum atomic E-state index is 6.42. The molecule has 1 nitrogen and oxygen atoms in total. The maximum Gasteiger partial charge on any atom is 0.0799 e. The van der Waals surface area contributed by atoms with Crippen LogP contribution in [0.3, 0.4) is 0 Å². The number of nitrogens with zero attached hydrogens (tertiary/aromatic N) is 1. The molecule has 0 radical (unpaired) electrons. The summed E-state index contributed by atoms with van der Waals surface area (Å²) in [6, 6.07) is 12.3. The quantitative estimate of drug-likeness (QED) is 0.503. The zero-order chi connectivity index (χ0) is 13.6. The second kappa shape index (κ2) is 4.77. The van der Waals surface area contributed by atoms with Crippen LogP contribution in [-0.4, -0.2) is 4.98 Å². The average molecular weight is 335 g/mol. The van der Waals surface area contributed by atoms with Crippen LogP contribution in [0.5, 0.6) is 0 Å². The van der Waals surface area contributed by atoms with Gasteiger partial charge in [-0.2, -0.15) is 0 Å². The van der Waals surface area contributed by atoms with Gasteiger partial charge in [-0.3, -0.25) is 4.98 Å². The van der Waals surface area contributed by atoms with Gasteiger partial charge in [-0.25, -0.2) is 0 Å². The molecule has 3 rings (SSSR count). The number of hydrogen-bond acceptors (Lipinski definition) is 1. The van der Waals surface area contributed by atoms with E-state index in [0.29, 0.717) is 5.92 Å². The predicted molar refractivity (Wildman–Crippen MR) is 86.0 cm³/mol. The van der Waals surface area contributed by atoms with Crippen molar-refractivity contribution in [1.29, 1.82) is 0 Å². The van der Waals surface area contributed by atoms with Crippen LogP contribution in [0, 0.1) is 0 Å². The van der Waals surface area contributed by atoms with E-state index in [9.17, 15) is 0 Å². The Balaban J connectivity index is 2.52. The second-order valence-corrected chi connectivity index (χ2v) is 6.25. The highest BCUT2D eigenvalue weighted by Gasteiger charge is 2.11. The minimum atomic E-state index is 0.365. The second-order valence-electron chi connectivity index (χ2n) is 4.98. The van der Waals surface area contributed by atoms with Crippen LogP contribution in [0.4, 0.5) is 0 Å². The van der Waals surface area contributed by atoms with Crippen LogP contribution in [0.1, 0.15) is 25.5 Å². The summed E-state index contributed by atoms with van der Waals surface area (Å²) in [6.07, 6.45) is 0. The number of pyridine rings is 1. The molecule has 0 aliphatic carbocycles. The van der Waals surface area contributed by atoms with Crippen molar-refractivity contribution in [2.45, 2.75) is 19.8 Å². The van der Waals surface area contributed by atoms with Crippen LogP contribution in [0.25, 0.3) is 21.7 Å². The number of benzene rings is 2. The summed E-state index contributed by atoms with van der Waals surface area (Å²) in [7, 11) is 0. The van der Waals surface area contributed by atoms with Gasteiger partial charge in [0.05, 0.1) is 10.5 Å². The summed E-state index contributed by atoms with van der Waals surface area (Å²) < 4.78 is 1.05. The predicted octanol–water partition coefficient (Wildman–Crippen LogP) is 5.93. The minimum Gasteiger partial charge on any atom is -0.252 e. The van der Waals surface area contributed by atoms with E-state index in [4.69, 9.17) is 16.6 Å². The molecule has 0 spiro atoms. The fourth-order valence-electron chi connectivity index (χ4n) is 2.28. The first-order chi connectivity index (χ1) is 9.08. The Morgan fingerprint density at radius 1 is 1.05 bits per heavy atom. The summed E-state index contributed by atoms with van der Waals surface area (Å²) >= 11 is 10.0. The van der Waals surface area contributed by atoms with E-state index in [1.807, 2.05) is 18.2 Å². The molecule has 3 heteroatoms. The molecule has 0 saturated carbocycles. The van der Waals surface area contributed by atoms with Crippen molar-refractivity contribution in [3.63, 3.8) is 0 Å². The van der Waals surface area contributed by atoms with Crippen molar-refractivity contribution in [2.75, 3.05) is 0 Å². The lowest BCUT2D eigenvalue weighted by molar-refractivity contribution is 0.830. The summed E-state index contributed by atoms with van der Waals surface area (Å²) in [4.78, 5) is 4.80. The normalized spacial score (nSPS) is 11.6. The number of halogens is 2. The number of rotatable bonds is 1. The fourth-order valence-corrected chi connectivity index (χ4v) is 3.11. The Labute approximate surface area is 125 Å². The smallest absolute Gasteiger partial charge is 0.0799 e. The first kappa shape index (κ1) is 12.9. The lowest BCUT2D eigenvalue weighted by Crippen LogP contribution is -1.94. The molecule has 1 heterocycles. The third kappa shape index (κ3) is 2.13. The molecule has 0 saturated heterocycles. The van der Waals surface area contributed by atoms with Gasteiger partial charge in [-0.15, -0.1) is 0 Å². The largest absolute Gasteiger partial charge is 0.252 e. The summed E-state index contributed by atoms with van der Waals surface area (Å²) in [5.41, 5.74) is 2.01. The minimum absolute atomic E-state index is 0.365.